The van der Waals surface area contributed by atoms with Gasteiger partial charge in [0.25, 0.3) is 0 Å². The number of methoxy groups -OCH3 is 1. The molecule has 178 valence electrons. The number of ether oxygens (including phenoxy) is 3. The Hall–Kier alpha value is -3.41. The summed E-state index contributed by atoms with van der Waals surface area (Å²) in [6.07, 6.45) is 2.43. The Balaban J connectivity index is 1.37. The van der Waals surface area contributed by atoms with Crippen molar-refractivity contribution in [2.45, 2.75) is 52.2 Å². The van der Waals surface area contributed by atoms with Crippen LogP contribution in [0, 0.1) is 18.2 Å². The zero-order valence-electron chi connectivity index (χ0n) is 19.7. The van der Waals surface area contributed by atoms with Crippen LogP contribution in [-0.2, 0) is 20.9 Å². The molecule has 34 heavy (non-hydrogen) atoms. The Morgan fingerprint density at radius 1 is 1.06 bits per heavy atom. The summed E-state index contributed by atoms with van der Waals surface area (Å²) in [7, 11) is 1.21. The largest absolute Gasteiger partial charge is 0.490 e. The van der Waals surface area contributed by atoms with Crippen LogP contribution in [0.25, 0.3) is 10.8 Å². The monoisotopic (exact) mass is 464 g/mol. The van der Waals surface area contributed by atoms with Gasteiger partial charge in [0.2, 0.25) is 0 Å². The summed E-state index contributed by atoms with van der Waals surface area (Å²) < 4.78 is 30.6. The lowest BCUT2D eigenvalue weighted by molar-refractivity contribution is -0.159. The second-order valence-electron chi connectivity index (χ2n) is 9.18. The molecule has 3 aromatic rings. The van der Waals surface area contributed by atoms with Gasteiger partial charge in [-0.3, -0.25) is 4.79 Å². The van der Waals surface area contributed by atoms with Gasteiger partial charge in [-0.1, -0.05) is 42.5 Å². The van der Waals surface area contributed by atoms with Crippen molar-refractivity contribution < 1.29 is 28.2 Å². The fraction of sp³-hybridized carbons (Fsp3) is 0.357. The van der Waals surface area contributed by atoms with Gasteiger partial charge < -0.3 is 14.2 Å². The van der Waals surface area contributed by atoms with Crippen LogP contribution >= 0.6 is 0 Å². The van der Waals surface area contributed by atoms with Gasteiger partial charge in [-0.25, -0.2) is 9.18 Å². The summed E-state index contributed by atoms with van der Waals surface area (Å²) in [6, 6.07) is 16.7. The van der Waals surface area contributed by atoms with Gasteiger partial charge in [0, 0.05) is 0 Å². The molecule has 5 nitrogen and oxygen atoms in total. The lowest BCUT2D eigenvalue weighted by atomic mass is 9.74. The first-order chi connectivity index (χ1) is 16.3. The van der Waals surface area contributed by atoms with E-state index in [-0.39, 0.29) is 24.2 Å². The van der Waals surface area contributed by atoms with Crippen LogP contribution < -0.4 is 4.74 Å². The molecule has 0 bridgehead atoms. The van der Waals surface area contributed by atoms with E-state index in [0.717, 1.165) is 16.3 Å². The molecule has 0 aliphatic heterocycles. The average Bonchev–Trinajstić information content (AvgIpc) is 2.85. The molecule has 1 fully saturated rings. The molecule has 1 aliphatic rings. The molecule has 1 aliphatic carbocycles. The maximum Gasteiger partial charge on any atom is 0.340 e. The molecule has 0 aromatic heterocycles. The molecule has 6 heteroatoms. The van der Waals surface area contributed by atoms with Crippen molar-refractivity contribution in [1.82, 2.24) is 0 Å². The predicted octanol–water partition coefficient (Wildman–Crippen LogP) is 6.15. The van der Waals surface area contributed by atoms with E-state index in [0.29, 0.717) is 37.0 Å². The van der Waals surface area contributed by atoms with Crippen LogP contribution in [-0.4, -0.2) is 25.2 Å². The number of fused-ring (bicyclic) bond motifs is 1. The van der Waals surface area contributed by atoms with E-state index in [1.807, 2.05) is 49.4 Å². The molecule has 1 saturated carbocycles. The highest BCUT2D eigenvalue weighted by Gasteiger charge is 2.39. The van der Waals surface area contributed by atoms with Gasteiger partial charge >= 0.3 is 11.9 Å². The van der Waals surface area contributed by atoms with Crippen LogP contribution in [0.5, 0.6) is 5.75 Å². The van der Waals surface area contributed by atoms with E-state index in [4.69, 9.17) is 9.47 Å². The molecule has 0 atom stereocenters. The van der Waals surface area contributed by atoms with E-state index >= 15 is 0 Å². The Bertz CT molecular complexity index is 1210. The Morgan fingerprint density at radius 2 is 1.76 bits per heavy atom. The molecule has 0 saturated heterocycles. The predicted molar refractivity (Wildman–Crippen MR) is 127 cm³/mol. The van der Waals surface area contributed by atoms with Gasteiger partial charge in [-0.05, 0) is 73.6 Å². The van der Waals surface area contributed by atoms with Gasteiger partial charge in [-0.2, -0.15) is 0 Å². The van der Waals surface area contributed by atoms with E-state index < -0.39 is 17.2 Å². The molecule has 0 spiro atoms. The smallest absolute Gasteiger partial charge is 0.340 e. The number of hydrogen-bond donors (Lipinski definition) is 0. The van der Waals surface area contributed by atoms with Crippen LogP contribution in [0.4, 0.5) is 4.39 Å². The Kier molecular flexibility index (Phi) is 6.87. The number of rotatable bonds is 6. The topological polar surface area (TPSA) is 61.8 Å². The molecular formula is C28H29FO5. The van der Waals surface area contributed by atoms with Crippen molar-refractivity contribution in [3.05, 3.63) is 77.1 Å². The summed E-state index contributed by atoms with van der Waals surface area (Å²) >= 11 is 0. The zero-order chi connectivity index (χ0) is 24.3. The minimum absolute atomic E-state index is 0.131. The summed E-state index contributed by atoms with van der Waals surface area (Å²) in [5.41, 5.74) is 0.855. The highest BCUT2D eigenvalue weighted by Crippen LogP contribution is 2.39. The molecule has 0 radical (unpaired) electrons. The minimum atomic E-state index is -0.743. The van der Waals surface area contributed by atoms with Crippen LogP contribution in [0.3, 0.4) is 0 Å². The van der Waals surface area contributed by atoms with Gasteiger partial charge in [0.05, 0.1) is 24.2 Å². The third-order valence-corrected chi connectivity index (χ3v) is 6.73. The fourth-order valence-corrected chi connectivity index (χ4v) is 4.51. The molecule has 0 amide bonds. The molecule has 3 aromatic carbocycles. The number of halogens is 1. The maximum absolute atomic E-state index is 14.1. The Morgan fingerprint density at radius 3 is 2.50 bits per heavy atom. The van der Waals surface area contributed by atoms with E-state index in [9.17, 15) is 14.0 Å². The average molecular weight is 465 g/mol. The van der Waals surface area contributed by atoms with E-state index in [1.165, 1.54) is 19.2 Å². The third kappa shape index (κ3) is 4.91. The Labute approximate surface area is 198 Å². The van der Waals surface area contributed by atoms with E-state index in [2.05, 4.69) is 4.74 Å². The number of aryl methyl sites for hydroxylation is 1. The van der Waals surface area contributed by atoms with Crippen LogP contribution in [0.15, 0.2) is 54.6 Å². The van der Waals surface area contributed by atoms with Crippen molar-refractivity contribution in [2.75, 3.05) is 7.11 Å². The lowest BCUT2D eigenvalue weighted by Crippen LogP contribution is -2.37. The summed E-state index contributed by atoms with van der Waals surface area (Å²) in [5.74, 6) is -1.13. The highest BCUT2D eigenvalue weighted by atomic mass is 19.1. The van der Waals surface area contributed by atoms with Gasteiger partial charge in [-0.15, -0.1) is 0 Å². The quantitative estimate of drug-likeness (QED) is 0.410. The van der Waals surface area contributed by atoms with Crippen molar-refractivity contribution >= 4 is 22.7 Å². The number of hydrogen-bond acceptors (Lipinski definition) is 5. The first-order valence-electron chi connectivity index (χ1n) is 11.5. The first-order valence-corrected chi connectivity index (χ1v) is 11.5. The van der Waals surface area contributed by atoms with Crippen molar-refractivity contribution in [3.8, 4) is 5.75 Å². The normalized spacial score (nSPS) is 20.1. The molecular weight excluding hydrogens is 435 g/mol. The summed E-state index contributed by atoms with van der Waals surface area (Å²) in [6.45, 7) is 3.91. The second-order valence-corrected chi connectivity index (χ2v) is 9.18. The van der Waals surface area contributed by atoms with Crippen molar-refractivity contribution in [2.24, 2.45) is 5.41 Å². The third-order valence-electron chi connectivity index (χ3n) is 6.73. The van der Waals surface area contributed by atoms with Crippen LogP contribution in [0.1, 0.15) is 54.1 Å². The maximum atomic E-state index is 14.1. The number of esters is 2. The SMILES string of the molecule is COC(=O)c1cc(OC2CCC(C)(C(=O)OCc3cccc4ccccc34)CC2)c(C)cc1F. The zero-order valence-corrected chi connectivity index (χ0v) is 19.7. The molecule has 0 N–H and O–H groups in total. The molecule has 0 heterocycles. The molecule has 4 rings (SSSR count). The van der Waals surface area contributed by atoms with Crippen molar-refractivity contribution in [3.63, 3.8) is 0 Å². The van der Waals surface area contributed by atoms with Crippen molar-refractivity contribution in [1.29, 1.82) is 0 Å². The summed E-state index contributed by atoms with van der Waals surface area (Å²) in [5, 5.41) is 2.20. The minimum Gasteiger partial charge on any atom is -0.490 e. The highest BCUT2D eigenvalue weighted by molar-refractivity contribution is 5.90. The van der Waals surface area contributed by atoms with Gasteiger partial charge in [0.15, 0.2) is 0 Å². The summed E-state index contributed by atoms with van der Waals surface area (Å²) in [4.78, 5) is 24.8. The standard InChI is InChI=1S/C28H29FO5/c1-18-15-24(29)23(26(30)32-3)16-25(18)34-21-11-13-28(2,14-12-21)27(31)33-17-20-9-6-8-19-7-4-5-10-22(19)20/h4-10,15-16,21H,11-14,17H2,1-3H3. The second kappa shape index (κ2) is 9.84. The number of carbonyl (C=O) groups is 2. The van der Waals surface area contributed by atoms with Gasteiger partial charge in [0.1, 0.15) is 18.2 Å². The first kappa shape index (κ1) is 23.7. The lowest BCUT2D eigenvalue weighted by Gasteiger charge is -2.35. The number of carbonyl (C=O) groups excluding carboxylic acids is 2. The molecule has 0 unspecified atom stereocenters. The number of benzene rings is 3. The fourth-order valence-electron chi connectivity index (χ4n) is 4.51. The van der Waals surface area contributed by atoms with Crippen LogP contribution in [0.2, 0.25) is 0 Å². The van der Waals surface area contributed by atoms with E-state index in [1.54, 1.807) is 6.92 Å².